The SMILES string of the molecule is CCCCCCCCC=CCCCCCCCCNC(=O)NC(N)=O. The van der Waals surface area contributed by atoms with Crippen molar-refractivity contribution in [3.63, 3.8) is 0 Å². The largest absolute Gasteiger partial charge is 0.351 e. The molecular formula is C20H39N3O2. The Kier molecular flexibility index (Phi) is 17.7. The number of imide groups is 1. The van der Waals surface area contributed by atoms with Crippen LogP contribution in [-0.4, -0.2) is 18.6 Å². The van der Waals surface area contributed by atoms with Crippen molar-refractivity contribution in [2.24, 2.45) is 5.73 Å². The monoisotopic (exact) mass is 353 g/mol. The predicted octanol–water partition coefficient (Wildman–Crippen LogP) is 5.40. The maximum Gasteiger partial charge on any atom is 0.322 e. The van der Waals surface area contributed by atoms with Crippen LogP contribution in [0, 0.1) is 0 Å². The molecule has 0 saturated heterocycles. The lowest BCUT2D eigenvalue weighted by molar-refractivity contribution is 0.231. The molecule has 0 heterocycles. The smallest absolute Gasteiger partial charge is 0.322 e. The standard InChI is InChI=1S/C20H39N3O2/c1-2-3-4-5-6-7-8-9-10-11-12-13-14-15-16-17-18-22-20(25)23-19(21)24/h9-10H,2-8,11-18H2,1H3,(H4,21,22,23,24,25). The molecule has 0 aliphatic heterocycles. The summed E-state index contributed by atoms with van der Waals surface area (Å²) in [6.07, 6.45) is 22.4. The van der Waals surface area contributed by atoms with Crippen molar-refractivity contribution < 1.29 is 9.59 Å². The normalized spacial score (nSPS) is 10.9. The molecule has 0 spiro atoms. The summed E-state index contributed by atoms with van der Waals surface area (Å²) in [4.78, 5) is 21.5. The van der Waals surface area contributed by atoms with Gasteiger partial charge in [-0.1, -0.05) is 76.9 Å². The average molecular weight is 354 g/mol. The van der Waals surface area contributed by atoms with Crippen LogP contribution in [0.2, 0.25) is 0 Å². The van der Waals surface area contributed by atoms with Gasteiger partial charge in [-0.05, 0) is 32.1 Å². The first-order valence-corrected chi connectivity index (χ1v) is 10.2. The van der Waals surface area contributed by atoms with Gasteiger partial charge in [0.05, 0.1) is 0 Å². The minimum Gasteiger partial charge on any atom is -0.351 e. The summed E-state index contributed by atoms with van der Waals surface area (Å²) in [5.74, 6) is 0. The van der Waals surface area contributed by atoms with Gasteiger partial charge in [0.25, 0.3) is 0 Å². The van der Waals surface area contributed by atoms with Gasteiger partial charge in [0.2, 0.25) is 0 Å². The Labute approximate surface area is 154 Å². The fourth-order valence-corrected chi connectivity index (χ4v) is 2.73. The Balaban J connectivity index is 3.17. The fourth-order valence-electron chi connectivity index (χ4n) is 2.73. The van der Waals surface area contributed by atoms with E-state index in [4.69, 9.17) is 5.73 Å². The number of rotatable bonds is 16. The van der Waals surface area contributed by atoms with Gasteiger partial charge < -0.3 is 11.1 Å². The molecule has 146 valence electrons. The number of hydrogen-bond donors (Lipinski definition) is 3. The van der Waals surface area contributed by atoms with E-state index >= 15 is 0 Å². The summed E-state index contributed by atoms with van der Waals surface area (Å²) < 4.78 is 0. The number of carbonyl (C=O) groups excluding carboxylic acids is 2. The summed E-state index contributed by atoms with van der Waals surface area (Å²) in [6, 6.07) is -1.33. The molecule has 0 fully saturated rings. The van der Waals surface area contributed by atoms with Crippen LogP contribution in [0.15, 0.2) is 12.2 Å². The molecule has 0 atom stereocenters. The van der Waals surface area contributed by atoms with E-state index in [9.17, 15) is 9.59 Å². The zero-order valence-corrected chi connectivity index (χ0v) is 16.2. The molecular weight excluding hydrogens is 314 g/mol. The summed E-state index contributed by atoms with van der Waals surface area (Å²) in [5, 5.41) is 4.58. The number of allylic oxidation sites excluding steroid dienone is 2. The fraction of sp³-hybridized carbons (Fsp3) is 0.800. The highest BCUT2D eigenvalue weighted by Gasteiger charge is 2.01. The second-order valence-corrected chi connectivity index (χ2v) is 6.68. The zero-order chi connectivity index (χ0) is 18.6. The number of carbonyl (C=O) groups is 2. The van der Waals surface area contributed by atoms with E-state index < -0.39 is 12.1 Å². The summed E-state index contributed by atoms with van der Waals surface area (Å²) in [7, 11) is 0. The van der Waals surface area contributed by atoms with Crippen LogP contribution in [0.3, 0.4) is 0 Å². The Morgan fingerprint density at radius 1 is 0.760 bits per heavy atom. The molecule has 0 aromatic rings. The van der Waals surface area contributed by atoms with Crippen molar-refractivity contribution >= 4 is 12.1 Å². The molecule has 0 rings (SSSR count). The molecule has 0 bridgehead atoms. The van der Waals surface area contributed by atoms with Crippen LogP contribution in [-0.2, 0) is 0 Å². The molecule has 0 aromatic carbocycles. The van der Waals surface area contributed by atoms with Crippen LogP contribution in [0.5, 0.6) is 0 Å². The maximum atomic E-state index is 11.1. The van der Waals surface area contributed by atoms with Crippen LogP contribution in [0.4, 0.5) is 9.59 Å². The Bertz CT molecular complexity index is 357. The van der Waals surface area contributed by atoms with Crippen molar-refractivity contribution in [3.8, 4) is 0 Å². The molecule has 0 aliphatic carbocycles. The number of unbranched alkanes of at least 4 members (excludes halogenated alkanes) is 12. The van der Waals surface area contributed by atoms with Crippen molar-refractivity contribution in [1.82, 2.24) is 10.6 Å². The van der Waals surface area contributed by atoms with Gasteiger partial charge in [0.1, 0.15) is 0 Å². The average Bonchev–Trinajstić information content (AvgIpc) is 2.57. The molecule has 0 aromatic heterocycles. The van der Waals surface area contributed by atoms with Crippen molar-refractivity contribution in [2.75, 3.05) is 6.54 Å². The first-order valence-electron chi connectivity index (χ1n) is 10.2. The second kappa shape index (κ2) is 18.8. The van der Waals surface area contributed by atoms with Crippen LogP contribution in [0.25, 0.3) is 0 Å². The number of nitrogens with two attached hydrogens (primary N) is 1. The van der Waals surface area contributed by atoms with Gasteiger partial charge >= 0.3 is 12.1 Å². The summed E-state index contributed by atoms with van der Waals surface area (Å²) in [5.41, 5.74) is 4.84. The summed E-state index contributed by atoms with van der Waals surface area (Å²) in [6.45, 7) is 2.84. The highest BCUT2D eigenvalue weighted by atomic mass is 16.2. The van der Waals surface area contributed by atoms with Crippen molar-refractivity contribution in [3.05, 3.63) is 12.2 Å². The zero-order valence-electron chi connectivity index (χ0n) is 16.2. The van der Waals surface area contributed by atoms with E-state index in [1.165, 1.54) is 77.0 Å². The Hall–Kier alpha value is -1.52. The molecule has 25 heavy (non-hydrogen) atoms. The van der Waals surface area contributed by atoms with Crippen molar-refractivity contribution in [2.45, 2.75) is 96.8 Å². The Morgan fingerprint density at radius 2 is 1.24 bits per heavy atom. The van der Waals surface area contributed by atoms with Crippen LogP contribution >= 0.6 is 0 Å². The molecule has 0 saturated carbocycles. The summed E-state index contributed by atoms with van der Waals surface area (Å²) >= 11 is 0. The predicted molar refractivity (Wildman–Crippen MR) is 106 cm³/mol. The Morgan fingerprint density at radius 3 is 1.76 bits per heavy atom. The first-order chi connectivity index (χ1) is 12.2. The highest BCUT2D eigenvalue weighted by Crippen LogP contribution is 2.09. The molecule has 0 radical (unpaired) electrons. The lowest BCUT2D eigenvalue weighted by Crippen LogP contribution is -2.42. The van der Waals surface area contributed by atoms with Gasteiger partial charge in [0, 0.05) is 6.54 Å². The number of hydrogen-bond acceptors (Lipinski definition) is 2. The van der Waals surface area contributed by atoms with Gasteiger partial charge in [-0.3, -0.25) is 5.32 Å². The molecule has 5 heteroatoms. The first kappa shape index (κ1) is 23.5. The third-order valence-electron chi connectivity index (χ3n) is 4.21. The van der Waals surface area contributed by atoms with E-state index in [1.807, 2.05) is 5.32 Å². The van der Waals surface area contributed by atoms with E-state index in [0.29, 0.717) is 6.54 Å². The number of nitrogens with one attached hydrogen (secondary N) is 2. The second-order valence-electron chi connectivity index (χ2n) is 6.68. The minimum atomic E-state index is -0.821. The molecule has 4 N–H and O–H groups in total. The van der Waals surface area contributed by atoms with E-state index in [0.717, 1.165) is 12.8 Å². The third-order valence-corrected chi connectivity index (χ3v) is 4.21. The van der Waals surface area contributed by atoms with Gasteiger partial charge in [-0.25, -0.2) is 9.59 Å². The topological polar surface area (TPSA) is 84.2 Å². The third kappa shape index (κ3) is 20.4. The highest BCUT2D eigenvalue weighted by molar-refractivity contribution is 5.92. The van der Waals surface area contributed by atoms with Crippen LogP contribution in [0.1, 0.15) is 96.8 Å². The molecule has 0 unspecified atom stereocenters. The maximum absolute atomic E-state index is 11.1. The number of amides is 4. The lowest BCUT2D eigenvalue weighted by atomic mass is 10.1. The molecule has 0 aliphatic rings. The van der Waals surface area contributed by atoms with Gasteiger partial charge in [-0.2, -0.15) is 0 Å². The quantitative estimate of drug-likeness (QED) is 0.256. The van der Waals surface area contributed by atoms with E-state index in [1.54, 1.807) is 0 Å². The number of urea groups is 2. The van der Waals surface area contributed by atoms with Crippen molar-refractivity contribution in [1.29, 1.82) is 0 Å². The van der Waals surface area contributed by atoms with Crippen LogP contribution < -0.4 is 16.4 Å². The molecule has 5 nitrogen and oxygen atoms in total. The van der Waals surface area contributed by atoms with Gasteiger partial charge in [0.15, 0.2) is 0 Å². The minimum absolute atomic E-state index is 0.514. The van der Waals surface area contributed by atoms with Gasteiger partial charge in [-0.15, -0.1) is 0 Å². The van der Waals surface area contributed by atoms with E-state index in [2.05, 4.69) is 24.4 Å². The van der Waals surface area contributed by atoms with E-state index in [-0.39, 0.29) is 0 Å². The lowest BCUT2D eigenvalue weighted by Gasteiger charge is -2.04. The molecule has 4 amide bonds. The number of primary amides is 1.